The zero-order valence-electron chi connectivity index (χ0n) is 12.3. The van der Waals surface area contributed by atoms with Gasteiger partial charge in [0.05, 0.1) is 0 Å². The fourth-order valence-electron chi connectivity index (χ4n) is 1.30. The maximum absolute atomic E-state index is 5.51. The molecule has 0 atom stereocenters. The molecule has 0 aromatic carbocycles. The molecule has 0 aromatic rings. The van der Waals surface area contributed by atoms with Gasteiger partial charge in [0.2, 0.25) is 0 Å². The molecular weight excluding hydrogens is 341 g/mol. The van der Waals surface area contributed by atoms with Crippen molar-refractivity contribution in [1.82, 2.24) is 10.6 Å². The highest BCUT2D eigenvalue weighted by Gasteiger charge is 1.96. The topological polar surface area (TPSA) is 45.7 Å². The van der Waals surface area contributed by atoms with E-state index < -0.39 is 0 Å². The van der Waals surface area contributed by atoms with Gasteiger partial charge in [-0.1, -0.05) is 27.2 Å². The summed E-state index contributed by atoms with van der Waals surface area (Å²) in [7, 11) is 1.80. The first kappa shape index (κ1) is 20.3. The molecule has 0 bridgehead atoms. The summed E-state index contributed by atoms with van der Waals surface area (Å²) in [5.41, 5.74) is 0. The standard InChI is InChI=1S/C13H29N3O.HI/c1-5-6-8-15-13(14-4)16-9-7-10-17-11-12(2)3;/h12H,5-11H2,1-4H3,(H2,14,15,16);1H. The van der Waals surface area contributed by atoms with Gasteiger partial charge in [-0.3, -0.25) is 4.99 Å². The van der Waals surface area contributed by atoms with Crippen LogP contribution in [0.3, 0.4) is 0 Å². The highest BCUT2D eigenvalue weighted by atomic mass is 127. The van der Waals surface area contributed by atoms with E-state index in [1.54, 1.807) is 7.05 Å². The SMILES string of the molecule is CCCCNC(=NC)NCCCOCC(C)C.I. The third-order valence-corrected chi connectivity index (χ3v) is 2.26. The molecule has 18 heavy (non-hydrogen) atoms. The minimum absolute atomic E-state index is 0. The highest BCUT2D eigenvalue weighted by Crippen LogP contribution is 1.92. The Labute approximate surface area is 129 Å². The lowest BCUT2D eigenvalue weighted by molar-refractivity contribution is 0.108. The van der Waals surface area contributed by atoms with E-state index >= 15 is 0 Å². The van der Waals surface area contributed by atoms with Gasteiger partial charge in [-0.05, 0) is 18.8 Å². The normalized spacial score (nSPS) is 11.3. The van der Waals surface area contributed by atoms with Crippen molar-refractivity contribution in [2.24, 2.45) is 10.9 Å². The van der Waals surface area contributed by atoms with Crippen molar-refractivity contribution in [3.8, 4) is 0 Å². The van der Waals surface area contributed by atoms with Gasteiger partial charge in [-0.15, -0.1) is 24.0 Å². The molecule has 0 amide bonds. The second-order valence-electron chi connectivity index (χ2n) is 4.60. The lowest BCUT2D eigenvalue weighted by Gasteiger charge is -2.11. The molecule has 0 aromatic heterocycles. The summed E-state index contributed by atoms with van der Waals surface area (Å²) in [5.74, 6) is 1.51. The summed E-state index contributed by atoms with van der Waals surface area (Å²) in [6.07, 6.45) is 3.40. The first-order chi connectivity index (χ1) is 8.20. The number of guanidine groups is 1. The lowest BCUT2D eigenvalue weighted by Crippen LogP contribution is -2.38. The number of hydrogen-bond acceptors (Lipinski definition) is 2. The van der Waals surface area contributed by atoms with Crippen molar-refractivity contribution in [2.45, 2.75) is 40.0 Å². The van der Waals surface area contributed by atoms with E-state index in [-0.39, 0.29) is 24.0 Å². The summed E-state index contributed by atoms with van der Waals surface area (Å²) < 4.78 is 5.51. The van der Waals surface area contributed by atoms with Crippen LogP contribution in [-0.2, 0) is 4.74 Å². The van der Waals surface area contributed by atoms with Crippen LogP contribution in [0.1, 0.15) is 40.0 Å². The molecule has 0 aliphatic rings. The lowest BCUT2D eigenvalue weighted by atomic mass is 10.2. The van der Waals surface area contributed by atoms with E-state index in [1.807, 2.05) is 0 Å². The van der Waals surface area contributed by atoms with Gasteiger partial charge in [0.15, 0.2) is 5.96 Å². The van der Waals surface area contributed by atoms with Crippen LogP contribution in [0, 0.1) is 5.92 Å². The molecule has 0 fully saturated rings. The average Bonchev–Trinajstić information content (AvgIpc) is 2.31. The first-order valence-electron chi connectivity index (χ1n) is 6.73. The molecule has 0 radical (unpaired) electrons. The van der Waals surface area contributed by atoms with Crippen LogP contribution < -0.4 is 10.6 Å². The first-order valence-corrected chi connectivity index (χ1v) is 6.73. The minimum Gasteiger partial charge on any atom is -0.381 e. The van der Waals surface area contributed by atoms with Crippen molar-refractivity contribution in [2.75, 3.05) is 33.4 Å². The van der Waals surface area contributed by atoms with Crippen LogP contribution in [-0.4, -0.2) is 39.3 Å². The zero-order chi connectivity index (χ0) is 12.9. The Morgan fingerprint density at radius 1 is 1.17 bits per heavy atom. The van der Waals surface area contributed by atoms with Gasteiger partial charge >= 0.3 is 0 Å². The molecular formula is C13H30IN3O. The zero-order valence-corrected chi connectivity index (χ0v) is 14.6. The second kappa shape index (κ2) is 15.0. The molecule has 0 aliphatic heterocycles. The van der Waals surface area contributed by atoms with E-state index in [2.05, 4.69) is 36.4 Å². The predicted octanol–water partition coefficient (Wildman–Crippen LogP) is 2.63. The third kappa shape index (κ3) is 14.0. The summed E-state index contributed by atoms with van der Waals surface area (Å²) in [5, 5.41) is 6.55. The smallest absolute Gasteiger partial charge is 0.190 e. The number of nitrogens with one attached hydrogen (secondary N) is 2. The molecule has 0 unspecified atom stereocenters. The van der Waals surface area contributed by atoms with Crippen molar-refractivity contribution in [3.05, 3.63) is 0 Å². The number of rotatable bonds is 9. The molecule has 0 saturated heterocycles. The molecule has 0 heterocycles. The Bertz CT molecular complexity index is 199. The number of aliphatic imine (C=N–C) groups is 1. The second-order valence-corrected chi connectivity index (χ2v) is 4.60. The average molecular weight is 371 g/mol. The third-order valence-electron chi connectivity index (χ3n) is 2.26. The largest absolute Gasteiger partial charge is 0.381 e. The molecule has 0 spiro atoms. The summed E-state index contributed by atoms with van der Waals surface area (Å²) in [6, 6.07) is 0. The molecule has 4 nitrogen and oxygen atoms in total. The molecule has 0 saturated carbocycles. The van der Waals surface area contributed by atoms with Crippen molar-refractivity contribution in [1.29, 1.82) is 0 Å². The quantitative estimate of drug-likeness (QED) is 0.284. The van der Waals surface area contributed by atoms with Gasteiger partial charge in [0.25, 0.3) is 0 Å². The maximum atomic E-state index is 5.51. The van der Waals surface area contributed by atoms with Crippen LogP contribution in [0.4, 0.5) is 0 Å². The maximum Gasteiger partial charge on any atom is 0.190 e. The van der Waals surface area contributed by atoms with Crippen LogP contribution in [0.2, 0.25) is 0 Å². The van der Waals surface area contributed by atoms with Crippen molar-refractivity contribution >= 4 is 29.9 Å². The van der Waals surface area contributed by atoms with Crippen LogP contribution in [0.15, 0.2) is 4.99 Å². The molecule has 2 N–H and O–H groups in total. The number of unbranched alkanes of at least 4 members (excludes halogenated alkanes) is 1. The monoisotopic (exact) mass is 371 g/mol. The Morgan fingerprint density at radius 3 is 2.28 bits per heavy atom. The van der Waals surface area contributed by atoms with Crippen LogP contribution in [0.25, 0.3) is 0 Å². The fourth-order valence-corrected chi connectivity index (χ4v) is 1.30. The molecule has 110 valence electrons. The number of halogens is 1. The van der Waals surface area contributed by atoms with Gasteiger partial charge in [-0.2, -0.15) is 0 Å². The molecule has 0 rings (SSSR count). The Balaban J connectivity index is 0. The van der Waals surface area contributed by atoms with Crippen molar-refractivity contribution in [3.63, 3.8) is 0 Å². The number of nitrogens with zero attached hydrogens (tertiary/aromatic N) is 1. The number of ether oxygens (including phenoxy) is 1. The molecule has 0 aliphatic carbocycles. The van der Waals surface area contributed by atoms with Gasteiger partial charge < -0.3 is 15.4 Å². The predicted molar refractivity (Wildman–Crippen MR) is 90.0 cm³/mol. The minimum atomic E-state index is 0. The molecule has 5 heteroatoms. The highest BCUT2D eigenvalue weighted by molar-refractivity contribution is 14.0. The van der Waals surface area contributed by atoms with Crippen LogP contribution in [0.5, 0.6) is 0 Å². The Kier molecular flexibility index (Phi) is 16.9. The summed E-state index contributed by atoms with van der Waals surface area (Å²) in [4.78, 5) is 4.16. The van der Waals surface area contributed by atoms with E-state index in [1.165, 1.54) is 12.8 Å². The van der Waals surface area contributed by atoms with Crippen molar-refractivity contribution < 1.29 is 4.74 Å². The van der Waals surface area contributed by atoms with Gasteiger partial charge in [0.1, 0.15) is 0 Å². The Morgan fingerprint density at radius 2 is 1.78 bits per heavy atom. The Hall–Kier alpha value is -0.0400. The summed E-state index contributed by atoms with van der Waals surface area (Å²) in [6.45, 7) is 10.1. The number of hydrogen-bond donors (Lipinski definition) is 2. The van der Waals surface area contributed by atoms with Crippen LogP contribution >= 0.6 is 24.0 Å². The van der Waals surface area contributed by atoms with E-state index in [0.717, 1.165) is 38.7 Å². The van der Waals surface area contributed by atoms with E-state index in [9.17, 15) is 0 Å². The van der Waals surface area contributed by atoms with E-state index in [4.69, 9.17) is 4.74 Å². The fraction of sp³-hybridized carbons (Fsp3) is 0.923. The van der Waals surface area contributed by atoms with E-state index in [0.29, 0.717) is 5.92 Å². The van der Waals surface area contributed by atoms with Gasteiger partial charge in [-0.25, -0.2) is 0 Å². The summed E-state index contributed by atoms with van der Waals surface area (Å²) >= 11 is 0. The van der Waals surface area contributed by atoms with Gasteiger partial charge in [0, 0.05) is 33.4 Å².